The number of amides is 1. The fraction of sp³-hybridized carbons (Fsp3) is 0.350. The molecule has 2 nitrogen and oxygen atoms in total. The largest absolute Gasteiger partial charge is 0.344 e. The lowest BCUT2D eigenvalue weighted by Crippen LogP contribution is -2.35. The van der Waals surface area contributed by atoms with Crippen molar-refractivity contribution in [2.75, 3.05) is 5.75 Å². The van der Waals surface area contributed by atoms with Crippen molar-refractivity contribution in [1.82, 2.24) is 5.32 Å². The number of benzene rings is 2. The molecular formula is C20H25NOS. The molecule has 1 N–H and O–H groups in total. The predicted octanol–water partition coefficient (Wildman–Crippen LogP) is 4.81. The van der Waals surface area contributed by atoms with E-state index in [1.807, 2.05) is 43.3 Å². The highest BCUT2D eigenvalue weighted by Gasteiger charge is 2.20. The van der Waals surface area contributed by atoms with E-state index in [-0.39, 0.29) is 17.2 Å². The summed E-state index contributed by atoms with van der Waals surface area (Å²) in [5.74, 6) is 1.13. The van der Waals surface area contributed by atoms with Gasteiger partial charge in [0.05, 0.1) is 11.3 Å². The van der Waals surface area contributed by atoms with Gasteiger partial charge in [-0.3, -0.25) is 4.79 Å². The topological polar surface area (TPSA) is 29.1 Å². The van der Waals surface area contributed by atoms with Gasteiger partial charge in [0.25, 0.3) is 0 Å². The Morgan fingerprint density at radius 1 is 1.00 bits per heavy atom. The first kappa shape index (κ1) is 17.6. The number of thioether (sulfide) groups is 1. The Hall–Kier alpha value is -1.74. The lowest BCUT2D eigenvalue weighted by Gasteiger charge is -2.22. The van der Waals surface area contributed by atoms with Crippen LogP contribution in [0.15, 0.2) is 60.7 Å². The number of nitrogens with one attached hydrogen (secondary N) is 1. The summed E-state index contributed by atoms with van der Waals surface area (Å²) in [7, 11) is 0. The van der Waals surface area contributed by atoms with E-state index in [9.17, 15) is 4.79 Å². The van der Waals surface area contributed by atoms with Crippen molar-refractivity contribution in [3.63, 3.8) is 0 Å². The molecule has 0 aliphatic heterocycles. The van der Waals surface area contributed by atoms with Gasteiger partial charge in [-0.05, 0) is 30.2 Å². The first-order valence-corrected chi connectivity index (χ1v) is 9.29. The van der Waals surface area contributed by atoms with Crippen molar-refractivity contribution < 1.29 is 4.79 Å². The minimum atomic E-state index is -0.0980. The summed E-state index contributed by atoms with van der Waals surface area (Å²) < 4.78 is 0. The first-order chi connectivity index (χ1) is 11.2. The van der Waals surface area contributed by atoms with Gasteiger partial charge in [-0.15, -0.1) is 11.8 Å². The van der Waals surface area contributed by atoms with E-state index in [0.717, 1.165) is 29.7 Å². The Bertz CT molecular complexity index is 546. The molecule has 1 unspecified atom stereocenters. The van der Waals surface area contributed by atoms with Gasteiger partial charge in [-0.1, -0.05) is 74.0 Å². The molecule has 1 atom stereocenters. The molecule has 0 aromatic heterocycles. The van der Waals surface area contributed by atoms with Gasteiger partial charge in [-0.25, -0.2) is 0 Å². The molecule has 0 bridgehead atoms. The molecule has 122 valence electrons. The summed E-state index contributed by atoms with van der Waals surface area (Å²) in [6, 6.07) is 20.2. The van der Waals surface area contributed by atoms with Gasteiger partial charge >= 0.3 is 0 Å². The van der Waals surface area contributed by atoms with Crippen LogP contribution >= 0.6 is 11.8 Å². The fourth-order valence-electron chi connectivity index (χ4n) is 2.39. The Balaban J connectivity index is 2.11. The summed E-state index contributed by atoms with van der Waals surface area (Å²) in [4.78, 5) is 12.6. The zero-order valence-corrected chi connectivity index (χ0v) is 14.7. The van der Waals surface area contributed by atoms with E-state index in [0.29, 0.717) is 0 Å². The molecule has 23 heavy (non-hydrogen) atoms. The summed E-state index contributed by atoms with van der Waals surface area (Å²) in [5, 5.41) is 3.19. The third-order valence-corrected chi connectivity index (χ3v) is 5.03. The van der Waals surface area contributed by atoms with E-state index < -0.39 is 0 Å². The Morgan fingerprint density at radius 3 is 2.00 bits per heavy atom. The molecule has 0 spiro atoms. The highest BCUT2D eigenvalue weighted by Crippen LogP contribution is 2.23. The summed E-state index contributed by atoms with van der Waals surface area (Å²) in [6.07, 6.45) is 2.32. The number of rotatable bonds is 8. The zero-order chi connectivity index (χ0) is 16.5. The van der Waals surface area contributed by atoms with Crippen LogP contribution in [0, 0.1) is 0 Å². The van der Waals surface area contributed by atoms with E-state index in [1.54, 1.807) is 11.8 Å². The molecule has 0 fully saturated rings. The van der Waals surface area contributed by atoms with Crippen molar-refractivity contribution in [3.8, 4) is 0 Å². The van der Waals surface area contributed by atoms with E-state index in [4.69, 9.17) is 0 Å². The number of carbonyl (C=O) groups is 1. The molecule has 3 heteroatoms. The zero-order valence-electron chi connectivity index (χ0n) is 13.9. The lowest BCUT2D eigenvalue weighted by molar-refractivity contribution is -0.120. The van der Waals surface area contributed by atoms with Crippen molar-refractivity contribution >= 4 is 17.7 Å². The molecular weight excluding hydrogens is 302 g/mol. The summed E-state index contributed by atoms with van der Waals surface area (Å²) >= 11 is 1.73. The van der Waals surface area contributed by atoms with Gasteiger partial charge in [0.15, 0.2) is 0 Å². The maximum atomic E-state index is 12.6. The van der Waals surface area contributed by atoms with Gasteiger partial charge in [0.1, 0.15) is 0 Å². The van der Waals surface area contributed by atoms with Crippen LogP contribution in [0.5, 0.6) is 0 Å². The van der Waals surface area contributed by atoms with Crippen LogP contribution in [0.2, 0.25) is 0 Å². The minimum Gasteiger partial charge on any atom is -0.344 e. The van der Waals surface area contributed by atoms with Crippen LogP contribution in [0.4, 0.5) is 0 Å². The third-order valence-electron chi connectivity index (χ3n) is 3.79. The molecule has 0 aliphatic rings. The van der Waals surface area contributed by atoms with Crippen LogP contribution < -0.4 is 5.32 Å². The highest BCUT2D eigenvalue weighted by atomic mass is 32.2. The normalized spacial score (nSPS) is 12.1. The standard InChI is InChI=1S/C20H25NOS/c1-3-4-15-23-16(2)20(22)21-19(17-11-7-5-8-12-17)18-13-9-6-10-14-18/h5-14,16,19H,3-4,15H2,1-2H3,(H,21,22). The number of hydrogen-bond acceptors (Lipinski definition) is 2. The molecule has 0 aliphatic carbocycles. The second kappa shape index (κ2) is 9.41. The van der Waals surface area contributed by atoms with Crippen molar-refractivity contribution in [2.24, 2.45) is 0 Å². The van der Waals surface area contributed by atoms with E-state index in [1.165, 1.54) is 0 Å². The molecule has 0 heterocycles. The molecule has 2 aromatic carbocycles. The predicted molar refractivity (Wildman–Crippen MR) is 99.7 cm³/mol. The van der Waals surface area contributed by atoms with Crippen molar-refractivity contribution in [1.29, 1.82) is 0 Å². The number of hydrogen-bond donors (Lipinski definition) is 1. The molecule has 0 radical (unpaired) electrons. The molecule has 2 rings (SSSR count). The number of carbonyl (C=O) groups excluding carboxylic acids is 1. The van der Waals surface area contributed by atoms with Crippen LogP contribution in [0.3, 0.4) is 0 Å². The van der Waals surface area contributed by atoms with E-state index in [2.05, 4.69) is 36.5 Å². The smallest absolute Gasteiger partial charge is 0.233 e. The summed E-state index contributed by atoms with van der Waals surface area (Å²) in [5.41, 5.74) is 2.22. The Labute approximate surface area is 143 Å². The maximum absolute atomic E-state index is 12.6. The van der Waals surface area contributed by atoms with Crippen molar-refractivity contribution in [2.45, 2.75) is 38.0 Å². The quantitative estimate of drug-likeness (QED) is 0.705. The van der Waals surface area contributed by atoms with Gasteiger partial charge in [0.2, 0.25) is 5.91 Å². The molecule has 1 amide bonds. The molecule has 0 saturated heterocycles. The lowest BCUT2D eigenvalue weighted by atomic mass is 9.98. The van der Waals surface area contributed by atoms with Crippen LogP contribution in [-0.4, -0.2) is 16.9 Å². The molecule has 0 saturated carbocycles. The SMILES string of the molecule is CCCCSC(C)C(=O)NC(c1ccccc1)c1ccccc1. The highest BCUT2D eigenvalue weighted by molar-refractivity contribution is 8.00. The second-order valence-corrected chi connectivity index (χ2v) is 7.08. The van der Waals surface area contributed by atoms with E-state index >= 15 is 0 Å². The van der Waals surface area contributed by atoms with Gasteiger partial charge in [-0.2, -0.15) is 0 Å². The van der Waals surface area contributed by atoms with Gasteiger partial charge in [0, 0.05) is 0 Å². The minimum absolute atomic E-state index is 0.0310. The fourth-order valence-corrected chi connectivity index (χ4v) is 3.42. The average Bonchev–Trinajstić information content (AvgIpc) is 2.61. The van der Waals surface area contributed by atoms with Crippen LogP contribution in [-0.2, 0) is 4.79 Å². The van der Waals surface area contributed by atoms with Crippen molar-refractivity contribution in [3.05, 3.63) is 71.8 Å². The second-order valence-electron chi connectivity index (χ2n) is 5.63. The Kier molecular flexibility index (Phi) is 7.21. The molecule has 2 aromatic rings. The third kappa shape index (κ3) is 5.43. The van der Waals surface area contributed by atoms with Crippen LogP contribution in [0.1, 0.15) is 43.9 Å². The first-order valence-electron chi connectivity index (χ1n) is 8.24. The van der Waals surface area contributed by atoms with Crippen LogP contribution in [0.25, 0.3) is 0 Å². The summed E-state index contributed by atoms with van der Waals surface area (Å²) in [6.45, 7) is 4.16. The monoisotopic (exact) mass is 327 g/mol. The maximum Gasteiger partial charge on any atom is 0.233 e. The number of unbranched alkanes of at least 4 members (excludes halogenated alkanes) is 1. The average molecular weight is 327 g/mol. The Morgan fingerprint density at radius 2 is 1.52 bits per heavy atom. The van der Waals surface area contributed by atoms with Gasteiger partial charge < -0.3 is 5.32 Å².